The quantitative estimate of drug-likeness (QED) is 0.146. The zero-order valence-corrected chi connectivity index (χ0v) is 32.5. The highest BCUT2D eigenvalue weighted by molar-refractivity contribution is 7.03. The first kappa shape index (κ1) is 30.8. The maximum Gasteiger partial charge on any atom is 0.256 e. The maximum atomic E-state index is 7.09. The number of furan rings is 2. The van der Waals surface area contributed by atoms with Crippen molar-refractivity contribution < 1.29 is 18.3 Å². The molecular formula is C50H35B2NO4. The van der Waals surface area contributed by atoms with Gasteiger partial charge >= 0.3 is 0 Å². The van der Waals surface area contributed by atoms with Crippen molar-refractivity contribution in [2.75, 3.05) is 0 Å². The molecule has 0 aliphatic carbocycles. The van der Waals surface area contributed by atoms with Crippen LogP contribution in [0.2, 0.25) is 0 Å². The summed E-state index contributed by atoms with van der Waals surface area (Å²) in [6.07, 6.45) is 0. The van der Waals surface area contributed by atoms with E-state index in [1.165, 1.54) is 71.4 Å². The molecule has 270 valence electrons. The molecule has 0 spiro atoms. The van der Waals surface area contributed by atoms with Crippen molar-refractivity contribution in [2.45, 2.75) is 52.4 Å². The van der Waals surface area contributed by atoms with Crippen molar-refractivity contribution in [3.63, 3.8) is 0 Å². The molecule has 0 saturated carbocycles. The average Bonchev–Trinajstić information content (AvgIpc) is 3.85. The number of rotatable bonds is 0. The molecule has 5 nitrogen and oxygen atoms in total. The lowest BCUT2D eigenvalue weighted by Gasteiger charge is -2.40. The molecule has 0 radical (unpaired) electrons. The predicted molar refractivity (Wildman–Crippen MR) is 235 cm³/mol. The van der Waals surface area contributed by atoms with Crippen LogP contribution >= 0.6 is 0 Å². The van der Waals surface area contributed by atoms with Crippen LogP contribution in [0, 0.1) is 0 Å². The van der Waals surface area contributed by atoms with Gasteiger partial charge in [-0.25, -0.2) is 0 Å². The summed E-state index contributed by atoms with van der Waals surface area (Å²) in [6.45, 7) is 13.9. The summed E-state index contributed by atoms with van der Waals surface area (Å²) in [6, 6.07) is 37.7. The summed E-state index contributed by atoms with van der Waals surface area (Å²) in [5.74, 6) is 3.32. The van der Waals surface area contributed by atoms with Crippen LogP contribution in [-0.4, -0.2) is 18.0 Å². The Bertz CT molecular complexity index is 3340. The van der Waals surface area contributed by atoms with E-state index in [1.54, 1.807) is 0 Å². The highest BCUT2D eigenvalue weighted by Gasteiger charge is 2.50. The van der Waals surface area contributed by atoms with Gasteiger partial charge < -0.3 is 22.9 Å². The summed E-state index contributed by atoms with van der Waals surface area (Å²) < 4.78 is 29.7. The monoisotopic (exact) mass is 735 g/mol. The van der Waals surface area contributed by atoms with Crippen molar-refractivity contribution in [3.8, 4) is 28.7 Å². The maximum absolute atomic E-state index is 7.09. The third kappa shape index (κ3) is 3.66. The molecule has 0 atom stereocenters. The van der Waals surface area contributed by atoms with E-state index in [2.05, 4.69) is 137 Å². The van der Waals surface area contributed by atoms with Crippen molar-refractivity contribution in [1.82, 2.24) is 4.57 Å². The average molecular weight is 735 g/mol. The van der Waals surface area contributed by atoms with Gasteiger partial charge in [0.05, 0.1) is 0 Å². The van der Waals surface area contributed by atoms with Gasteiger partial charge in [0.25, 0.3) is 13.4 Å². The Balaban J connectivity index is 1.18. The Morgan fingerprint density at radius 3 is 1.33 bits per heavy atom. The highest BCUT2D eigenvalue weighted by atomic mass is 16.5. The van der Waals surface area contributed by atoms with Crippen LogP contribution in [0.15, 0.2) is 112 Å². The standard InChI is InChI=1S/C50H35B2NO4/c1-49(2,3)24-15-30-31-16-25(50(4,5)6)18-35-47(31)53-46(30)34(17-24)51-32-19-28-26-11-7-9-13-36(26)54-38(28)21-40(32)56-42-23-43-45(48(53)44(42)51)52(35)33-20-29-27-12-8-10-14-37(27)55-39(29)22-41(33)57-43/h7-23H,1-6H3. The Morgan fingerprint density at radius 1 is 0.421 bits per heavy atom. The molecule has 57 heavy (non-hydrogen) atoms. The van der Waals surface area contributed by atoms with Crippen LogP contribution in [0.3, 0.4) is 0 Å². The minimum absolute atomic E-state index is 0.0605. The lowest BCUT2D eigenvalue weighted by molar-refractivity contribution is 0.465. The van der Waals surface area contributed by atoms with Gasteiger partial charge in [-0.1, -0.05) is 102 Å². The SMILES string of the molecule is CC(C)(C)c1cc2c3c(c1)c1cc(C(C)(C)C)cc4c1n3-c1c3c(cc5c1B4c1cc4c(cc1O5)oc1ccccc14)Oc1cc4oc5ccccc5c4cc1B32. The van der Waals surface area contributed by atoms with Crippen molar-refractivity contribution >= 4 is 112 Å². The zero-order valence-electron chi connectivity index (χ0n) is 32.5. The summed E-state index contributed by atoms with van der Waals surface area (Å²) in [7, 11) is 0. The smallest absolute Gasteiger partial charge is 0.256 e. The molecule has 4 aliphatic heterocycles. The number of ether oxygens (including phenoxy) is 2. The molecular weight excluding hydrogens is 700 g/mol. The Kier molecular flexibility index (Phi) is 5.20. The Hall–Kier alpha value is -6.33. The summed E-state index contributed by atoms with van der Waals surface area (Å²) in [5, 5.41) is 7.08. The number of para-hydroxylation sites is 2. The Labute approximate surface area is 328 Å². The lowest BCUT2D eigenvalue weighted by Crippen LogP contribution is -2.65. The number of fused-ring (bicyclic) bond motifs is 13. The minimum Gasteiger partial charge on any atom is -0.458 e. The first-order valence-corrected chi connectivity index (χ1v) is 20.1. The summed E-state index contributed by atoms with van der Waals surface area (Å²) >= 11 is 0. The van der Waals surface area contributed by atoms with Gasteiger partial charge in [-0.3, -0.25) is 0 Å². The number of aromatic nitrogens is 1. The minimum atomic E-state index is -0.0719. The molecule has 0 amide bonds. The second kappa shape index (κ2) is 9.61. The highest BCUT2D eigenvalue weighted by Crippen LogP contribution is 2.46. The van der Waals surface area contributed by atoms with Crippen molar-refractivity contribution in [1.29, 1.82) is 0 Å². The summed E-state index contributed by atoms with van der Waals surface area (Å²) in [5.41, 5.74) is 17.1. The predicted octanol–water partition coefficient (Wildman–Crippen LogP) is 9.05. The molecule has 0 saturated heterocycles. The molecule has 0 bridgehead atoms. The van der Waals surface area contributed by atoms with Gasteiger partial charge in [0.1, 0.15) is 45.3 Å². The molecule has 4 aliphatic rings. The van der Waals surface area contributed by atoms with Crippen LogP contribution in [0.25, 0.3) is 71.4 Å². The summed E-state index contributed by atoms with van der Waals surface area (Å²) in [4.78, 5) is 0. The topological polar surface area (TPSA) is 49.7 Å². The molecule has 3 aromatic heterocycles. The molecule has 0 unspecified atom stereocenters. The van der Waals surface area contributed by atoms with Gasteiger partial charge in [-0.05, 0) is 79.0 Å². The fourth-order valence-corrected chi connectivity index (χ4v) is 10.8. The molecule has 7 heteroatoms. The van der Waals surface area contributed by atoms with E-state index in [4.69, 9.17) is 18.3 Å². The van der Waals surface area contributed by atoms with E-state index in [9.17, 15) is 0 Å². The largest absolute Gasteiger partial charge is 0.458 e. The zero-order chi connectivity index (χ0) is 38.0. The first-order valence-electron chi connectivity index (χ1n) is 20.1. The van der Waals surface area contributed by atoms with E-state index in [1.807, 2.05) is 12.1 Å². The van der Waals surface area contributed by atoms with E-state index in [-0.39, 0.29) is 24.3 Å². The van der Waals surface area contributed by atoms with E-state index in [0.717, 1.165) is 66.9 Å². The third-order valence-corrected chi connectivity index (χ3v) is 13.6. The van der Waals surface area contributed by atoms with Gasteiger partial charge in [0.2, 0.25) is 0 Å². The second-order valence-electron chi connectivity index (χ2n) is 18.8. The van der Waals surface area contributed by atoms with E-state index < -0.39 is 0 Å². The fraction of sp³-hybridized carbons (Fsp3) is 0.160. The van der Waals surface area contributed by atoms with E-state index >= 15 is 0 Å². The van der Waals surface area contributed by atoms with Crippen LogP contribution < -0.4 is 42.3 Å². The fourth-order valence-electron chi connectivity index (χ4n) is 10.8. The van der Waals surface area contributed by atoms with Gasteiger partial charge in [-0.2, -0.15) is 0 Å². The number of hydrogen-bond donors (Lipinski definition) is 0. The van der Waals surface area contributed by atoms with Crippen LogP contribution in [0.4, 0.5) is 0 Å². The van der Waals surface area contributed by atoms with Crippen molar-refractivity contribution in [2.24, 2.45) is 0 Å². The molecule has 7 heterocycles. The second-order valence-corrected chi connectivity index (χ2v) is 18.8. The first-order chi connectivity index (χ1) is 27.5. The van der Waals surface area contributed by atoms with Crippen molar-refractivity contribution in [3.05, 3.63) is 114 Å². The number of nitrogens with zero attached hydrogens (tertiary/aromatic N) is 1. The third-order valence-electron chi connectivity index (χ3n) is 13.6. The Morgan fingerprint density at radius 2 is 0.877 bits per heavy atom. The molecule has 10 aromatic rings. The van der Waals surface area contributed by atoms with E-state index in [0.29, 0.717) is 0 Å². The van der Waals surface area contributed by atoms with Crippen LogP contribution in [0.5, 0.6) is 23.0 Å². The molecule has 14 rings (SSSR count). The lowest BCUT2D eigenvalue weighted by atomic mass is 9.30. The van der Waals surface area contributed by atoms with Gasteiger partial charge in [-0.15, -0.1) is 0 Å². The molecule has 0 N–H and O–H groups in total. The number of benzene rings is 7. The molecule has 7 aromatic carbocycles. The normalized spacial score (nSPS) is 14.7. The number of hydrogen-bond acceptors (Lipinski definition) is 4. The van der Waals surface area contributed by atoms with Crippen LogP contribution in [0.1, 0.15) is 52.7 Å². The van der Waals surface area contributed by atoms with Crippen LogP contribution in [-0.2, 0) is 10.8 Å². The van der Waals surface area contributed by atoms with Gasteiger partial charge in [0.15, 0.2) is 0 Å². The molecule has 0 fully saturated rings. The van der Waals surface area contributed by atoms with Gasteiger partial charge in [0, 0.05) is 67.2 Å².